The predicted molar refractivity (Wildman–Crippen MR) is 36.3 cm³/mol. The van der Waals surface area contributed by atoms with Crippen LogP contribution >= 0.6 is 0 Å². The number of benzene rings is 1. The summed E-state index contributed by atoms with van der Waals surface area (Å²) < 4.78 is 35.6. The molecule has 56 valence electrons. The molecule has 0 aliphatic carbocycles. The van der Waals surface area contributed by atoms with Gasteiger partial charge in [0.05, 0.1) is 0 Å². The van der Waals surface area contributed by atoms with Crippen molar-refractivity contribution < 1.29 is 65.8 Å². The number of rotatable bonds is 1. The molecule has 0 atom stereocenters. The first-order valence-corrected chi connectivity index (χ1v) is 2.85. The van der Waals surface area contributed by atoms with Crippen LogP contribution in [0.15, 0.2) is 30.3 Å². The molecule has 0 spiro atoms. The Morgan fingerprint density at radius 3 is 1.73 bits per heavy atom. The summed E-state index contributed by atoms with van der Waals surface area (Å²) in [6, 6.07) is 6.46. The Bertz CT molecular complexity index is 214. The average Bonchev–Trinajstić information content (AvgIpc) is 1.88. The molecule has 5 heteroatoms. The standard InChI is InChI=1S/C6H5BF3.K.H/c8-7(9,10)6-4-2-1-3-5-6;;/h1-5H;;/q-1;+1;-1. The van der Waals surface area contributed by atoms with Gasteiger partial charge in [0.2, 0.25) is 0 Å². The van der Waals surface area contributed by atoms with Gasteiger partial charge in [-0.2, -0.15) is 0 Å². The van der Waals surface area contributed by atoms with Crippen molar-refractivity contribution >= 4 is 12.4 Å². The molecule has 1 rings (SSSR count). The van der Waals surface area contributed by atoms with Gasteiger partial charge >= 0.3 is 58.4 Å². The first-order valence-electron chi connectivity index (χ1n) is 2.85. The van der Waals surface area contributed by atoms with Crippen molar-refractivity contribution in [2.45, 2.75) is 0 Å². The zero-order valence-corrected chi connectivity index (χ0v) is 9.22. The average molecular weight is 185 g/mol. The Morgan fingerprint density at radius 2 is 1.45 bits per heavy atom. The molecule has 0 aliphatic rings. The van der Waals surface area contributed by atoms with Gasteiger partial charge in [0.1, 0.15) is 0 Å². The van der Waals surface area contributed by atoms with Crippen molar-refractivity contribution in [3.05, 3.63) is 30.3 Å². The van der Waals surface area contributed by atoms with Crippen molar-refractivity contribution in [2.24, 2.45) is 0 Å². The molecule has 0 amide bonds. The molecule has 0 radical (unpaired) electrons. The van der Waals surface area contributed by atoms with E-state index in [1.165, 1.54) is 12.1 Å². The summed E-state index contributed by atoms with van der Waals surface area (Å²) in [5.74, 6) is 0. The van der Waals surface area contributed by atoms with Crippen LogP contribution in [0.5, 0.6) is 0 Å². The topological polar surface area (TPSA) is 0 Å². The minimum absolute atomic E-state index is 0. The largest absolute Gasteiger partial charge is 1.00 e. The Kier molecular flexibility index (Phi) is 4.97. The fraction of sp³-hybridized carbons (Fsp3) is 0. The summed E-state index contributed by atoms with van der Waals surface area (Å²) in [6.45, 7) is -4.80. The van der Waals surface area contributed by atoms with Gasteiger partial charge in [0.15, 0.2) is 0 Å². The second kappa shape index (κ2) is 4.67. The maximum Gasteiger partial charge on any atom is 1.00 e. The maximum absolute atomic E-state index is 11.9. The van der Waals surface area contributed by atoms with E-state index in [1.807, 2.05) is 0 Å². The van der Waals surface area contributed by atoms with E-state index in [-0.39, 0.29) is 52.8 Å². The SMILES string of the molecule is F[B-](F)(F)c1ccccc1.[H-].[K+]. The minimum atomic E-state index is -4.80. The molecule has 11 heavy (non-hydrogen) atoms. The Balaban J connectivity index is 0. The zero-order chi connectivity index (χ0) is 7.61. The van der Waals surface area contributed by atoms with Crippen molar-refractivity contribution in [1.82, 2.24) is 0 Å². The smallest absolute Gasteiger partial charge is 1.00 e. The van der Waals surface area contributed by atoms with Crippen LogP contribution in [0.4, 0.5) is 12.9 Å². The molecule has 0 nitrogen and oxygen atoms in total. The van der Waals surface area contributed by atoms with Gasteiger partial charge in [-0.05, 0) is 0 Å². The van der Waals surface area contributed by atoms with Gasteiger partial charge in [-0.15, -0.1) is 5.46 Å². The Hall–Kier alpha value is 0.711. The van der Waals surface area contributed by atoms with Crippen LogP contribution < -0.4 is 56.8 Å². The predicted octanol–water partition coefficient (Wildman–Crippen LogP) is -1.14. The first-order chi connectivity index (χ1) is 4.61. The second-order valence-corrected chi connectivity index (χ2v) is 1.99. The molecule has 0 heterocycles. The molecule has 0 fully saturated rings. The molecule has 0 saturated carbocycles. The van der Waals surface area contributed by atoms with E-state index in [0.717, 1.165) is 12.1 Å². The van der Waals surface area contributed by atoms with Crippen molar-refractivity contribution in [3.63, 3.8) is 0 Å². The van der Waals surface area contributed by atoms with E-state index in [9.17, 15) is 12.9 Å². The van der Waals surface area contributed by atoms with Crippen molar-refractivity contribution in [3.8, 4) is 0 Å². The number of hydrogen-bond donors (Lipinski definition) is 0. The second-order valence-electron chi connectivity index (χ2n) is 1.99. The maximum atomic E-state index is 11.9. The van der Waals surface area contributed by atoms with Crippen LogP contribution in [-0.4, -0.2) is 6.98 Å². The summed E-state index contributed by atoms with van der Waals surface area (Å²) in [6.07, 6.45) is 0. The molecular weight excluding hydrogens is 179 g/mol. The number of halogens is 3. The normalized spacial score (nSPS) is 10.5. The summed E-state index contributed by atoms with van der Waals surface area (Å²) in [5.41, 5.74) is -0.539. The van der Waals surface area contributed by atoms with Crippen LogP contribution in [-0.2, 0) is 0 Å². The number of hydrogen-bond acceptors (Lipinski definition) is 0. The van der Waals surface area contributed by atoms with Crippen molar-refractivity contribution in [2.75, 3.05) is 0 Å². The third kappa shape index (κ3) is 3.76. The molecule has 0 aromatic heterocycles. The third-order valence-corrected chi connectivity index (χ3v) is 1.18. The third-order valence-electron chi connectivity index (χ3n) is 1.18. The zero-order valence-electron chi connectivity index (χ0n) is 7.10. The van der Waals surface area contributed by atoms with Crippen molar-refractivity contribution in [1.29, 1.82) is 0 Å². The van der Waals surface area contributed by atoms with E-state index in [4.69, 9.17) is 0 Å². The Morgan fingerprint density at radius 1 is 1.00 bits per heavy atom. The summed E-state index contributed by atoms with van der Waals surface area (Å²) in [4.78, 5) is 0. The molecule has 1 aromatic carbocycles. The van der Waals surface area contributed by atoms with Gasteiger partial charge in [0, 0.05) is 0 Å². The Labute approximate surface area is 107 Å². The van der Waals surface area contributed by atoms with Gasteiger partial charge in [-0.25, -0.2) is 0 Å². The summed E-state index contributed by atoms with van der Waals surface area (Å²) in [5, 5.41) is 0. The van der Waals surface area contributed by atoms with E-state index in [2.05, 4.69) is 0 Å². The van der Waals surface area contributed by atoms with Gasteiger partial charge in [0.25, 0.3) is 0 Å². The first kappa shape index (κ1) is 11.7. The van der Waals surface area contributed by atoms with E-state index in [1.54, 1.807) is 6.07 Å². The van der Waals surface area contributed by atoms with E-state index >= 15 is 0 Å². The van der Waals surface area contributed by atoms with Gasteiger partial charge in [-0.3, -0.25) is 0 Å². The molecule has 0 N–H and O–H groups in total. The van der Waals surface area contributed by atoms with Crippen LogP contribution in [0.3, 0.4) is 0 Å². The monoisotopic (exact) mass is 185 g/mol. The van der Waals surface area contributed by atoms with Gasteiger partial charge in [-0.1, -0.05) is 30.3 Å². The molecule has 0 saturated heterocycles. The minimum Gasteiger partial charge on any atom is -1.00 e. The molecule has 1 aromatic rings. The summed E-state index contributed by atoms with van der Waals surface area (Å²) in [7, 11) is 0. The van der Waals surface area contributed by atoms with Crippen LogP contribution in [0.2, 0.25) is 0 Å². The molecular formula is C6H6BF3K-. The fourth-order valence-electron chi connectivity index (χ4n) is 0.671. The van der Waals surface area contributed by atoms with Crippen LogP contribution in [0, 0.1) is 0 Å². The molecule has 0 bridgehead atoms. The van der Waals surface area contributed by atoms with E-state index in [0.29, 0.717) is 0 Å². The quantitative estimate of drug-likeness (QED) is 0.485. The van der Waals surface area contributed by atoms with Gasteiger partial charge < -0.3 is 14.4 Å². The van der Waals surface area contributed by atoms with Crippen LogP contribution in [0.1, 0.15) is 1.43 Å². The van der Waals surface area contributed by atoms with E-state index < -0.39 is 12.4 Å². The van der Waals surface area contributed by atoms with Crippen LogP contribution in [0.25, 0.3) is 0 Å². The molecule has 0 unspecified atom stereocenters. The molecule has 0 aliphatic heterocycles. The fourth-order valence-corrected chi connectivity index (χ4v) is 0.671. The summed E-state index contributed by atoms with van der Waals surface area (Å²) >= 11 is 0.